The van der Waals surface area contributed by atoms with Crippen LogP contribution in [-0.2, 0) is 17.8 Å². The lowest BCUT2D eigenvalue weighted by molar-refractivity contribution is -0.139. The molecule has 0 spiro atoms. The van der Waals surface area contributed by atoms with E-state index in [1.165, 1.54) is 12.1 Å². The Morgan fingerprint density at radius 3 is 2.46 bits per heavy atom. The molecule has 7 nitrogen and oxygen atoms in total. The highest BCUT2D eigenvalue weighted by atomic mass is 19.1. The summed E-state index contributed by atoms with van der Waals surface area (Å²) in [5.41, 5.74) is 3.68. The summed E-state index contributed by atoms with van der Waals surface area (Å²) < 4.78 is 32.3. The van der Waals surface area contributed by atoms with Crippen LogP contribution >= 0.6 is 0 Å². The van der Waals surface area contributed by atoms with E-state index < -0.39 is 18.4 Å². The quantitative estimate of drug-likeness (QED) is 0.344. The molecule has 0 amide bonds. The Labute approximate surface area is 202 Å². The lowest BCUT2D eigenvalue weighted by Gasteiger charge is -2.14. The Bertz CT molecular complexity index is 1320. The fourth-order valence-corrected chi connectivity index (χ4v) is 3.87. The second-order valence-electron chi connectivity index (χ2n) is 7.74. The number of hydrogen-bond acceptors (Lipinski definition) is 5. The highest BCUT2D eigenvalue weighted by Gasteiger charge is 2.20. The van der Waals surface area contributed by atoms with E-state index >= 15 is 0 Å². The van der Waals surface area contributed by atoms with E-state index in [1.807, 2.05) is 59.3 Å². The zero-order valence-corrected chi connectivity index (χ0v) is 19.4. The fraction of sp³-hybridized carbons (Fsp3) is 0.185. The Morgan fingerprint density at radius 2 is 1.74 bits per heavy atom. The third-order valence-corrected chi connectivity index (χ3v) is 5.48. The molecule has 35 heavy (non-hydrogen) atoms. The number of aryl methyl sites for hydroxylation is 2. The highest BCUT2D eigenvalue weighted by Crippen LogP contribution is 2.40. The summed E-state index contributed by atoms with van der Waals surface area (Å²) in [6.07, 6.45) is 0.729. The zero-order valence-electron chi connectivity index (χ0n) is 19.4. The molecule has 180 valence electrons. The largest absolute Gasteiger partial charge is 0.493 e. The van der Waals surface area contributed by atoms with Gasteiger partial charge >= 0.3 is 5.97 Å². The van der Waals surface area contributed by atoms with Crippen LogP contribution in [0.5, 0.6) is 17.2 Å². The van der Waals surface area contributed by atoms with Crippen LogP contribution in [-0.4, -0.2) is 41.7 Å². The first-order valence-electron chi connectivity index (χ1n) is 11.0. The van der Waals surface area contributed by atoms with Gasteiger partial charge in [0.2, 0.25) is 0 Å². The number of carboxylic acids is 1. The Balaban J connectivity index is 1.81. The van der Waals surface area contributed by atoms with Crippen molar-refractivity contribution in [3.8, 4) is 39.8 Å². The Kier molecular flexibility index (Phi) is 7.30. The molecular weight excluding hydrogens is 451 g/mol. The average molecular weight is 477 g/mol. The molecule has 3 aromatic carbocycles. The summed E-state index contributed by atoms with van der Waals surface area (Å²) in [5, 5.41) is 13.8. The molecule has 0 saturated carbocycles. The minimum absolute atomic E-state index is 0.101. The molecule has 1 N–H and O–H groups in total. The molecule has 0 aliphatic heterocycles. The molecule has 4 rings (SSSR count). The van der Waals surface area contributed by atoms with Gasteiger partial charge in [0.15, 0.2) is 18.1 Å². The topological polar surface area (TPSA) is 82.8 Å². The SMILES string of the molecule is COc1cccc(-c2cc(-c3ccc(F)cc3OCC(=O)O)nn2CCc2ccccc2)c1OC. The van der Waals surface area contributed by atoms with Gasteiger partial charge in [0.25, 0.3) is 0 Å². The summed E-state index contributed by atoms with van der Waals surface area (Å²) in [4.78, 5) is 11.0. The number of rotatable bonds is 10. The van der Waals surface area contributed by atoms with Crippen molar-refractivity contribution in [1.29, 1.82) is 0 Å². The molecule has 1 aromatic heterocycles. The molecular formula is C27H25FN2O5. The molecule has 0 atom stereocenters. The van der Waals surface area contributed by atoms with Gasteiger partial charge in [0, 0.05) is 23.7 Å². The van der Waals surface area contributed by atoms with Crippen molar-refractivity contribution in [3.05, 3.63) is 84.2 Å². The molecule has 0 radical (unpaired) electrons. The van der Waals surface area contributed by atoms with Crippen LogP contribution in [0.15, 0.2) is 72.8 Å². The van der Waals surface area contributed by atoms with Gasteiger partial charge in [0.05, 0.1) is 25.6 Å². The number of methoxy groups -OCH3 is 2. The van der Waals surface area contributed by atoms with Crippen LogP contribution < -0.4 is 14.2 Å². The number of aromatic nitrogens is 2. The monoisotopic (exact) mass is 476 g/mol. The normalized spacial score (nSPS) is 10.7. The molecule has 0 fully saturated rings. The van der Waals surface area contributed by atoms with E-state index in [0.29, 0.717) is 29.3 Å². The third kappa shape index (κ3) is 5.43. The van der Waals surface area contributed by atoms with Crippen LogP contribution in [0, 0.1) is 5.82 Å². The van der Waals surface area contributed by atoms with Gasteiger partial charge < -0.3 is 19.3 Å². The van der Waals surface area contributed by atoms with Crippen molar-refractivity contribution >= 4 is 5.97 Å². The Hall–Kier alpha value is -4.33. The maximum atomic E-state index is 13.9. The molecule has 4 aromatic rings. The zero-order chi connectivity index (χ0) is 24.8. The number of halogens is 1. The summed E-state index contributed by atoms with van der Waals surface area (Å²) in [5.74, 6) is -0.453. The maximum Gasteiger partial charge on any atom is 0.341 e. The summed E-state index contributed by atoms with van der Waals surface area (Å²) >= 11 is 0. The number of aliphatic carboxylic acids is 1. The minimum atomic E-state index is -1.16. The van der Waals surface area contributed by atoms with Crippen molar-refractivity contribution in [2.75, 3.05) is 20.8 Å². The van der Waals surface area contributed by atoms with Gasteiger partial charge in [0.1, 0.15) is 11.6 Å². The van der Waals surface area contributed by atoms with E-state index in [1.54, 1.807) is 14.2 Å². The fourth-order valence-electron chi connectivity index (χ4n) is 3.87. The number of hydrogen-bond donors (Lipinski definition) is 1. The van der Waals surface area contributed by atoms with Gasteiger partial charge in [-0.2, -0.15) is 5.10 Å². The van der Waals surface area contributed by atoms with E-state index in [0.717, 1.165) is 29.3 Å². The summed E-state index contributed by atoms with van der Waals surface area (Å²) in [7, 11) is 3.15. The minimum Gasteiger partial charge on any atom is -0.493 e. The molecule has 0 aliphatic carbocycles. The van der Waals surface area contributed by atoms with Crippen molar-refractivity contribution < 1.29 is 28.5 Å². The van der Waals surface area contributed by atoms with Gasteiger partial charge in [-0.1, -0.05) is 36.4 Å². The molecule has 8 heteroatoms. The summed E-state index contributed by atoms with van der Waals surface area (Å²) in [6.45, 7) is -0.0338. The number of benzene rings is 3. The van der Waals surface area contributed by atoms with Crippen LogP contribution in [0.25, 0.3) is 22.5 Å². The van der Waals surface area contributed by atoms with Crippen LogP contribution in [0.3, 0.4) is 0 Å². The van der Waals surface area contributed by atoms with E-state index in [4.69, 9.17) is 24.4 Å². The average Bonchev–Trinajstić information content (AvgIpc) is 3.30. The number of carbonyl (C=O) groups is 1. The second kappa shape index (κ2) is 10.7. The van der Waals surface area contributed by atoms with Crippen molar-refractivity contribution in [2.45, 2.75) is 13.0 Å². The number of nitrogens with zero attached hydrogens (tertiary/aromatic N) is 2. The smallest absolute Gasteiger partial charge is 0.341 e. The number of ether oxygens (including phenoxy) is 3. The molecule has 0 aliphatic rings. The molecule has 0 saturated heterocycles. The van der Waals surface area contributed by atoms with Gasteiger partial charge in [-0.3, -0.25) is 4.68 Å². The van der Waals surface area contributed by atoms with Gasteiger partial charge in [-0.05, 0) is 42.3 Å². The first-order valence-corrected chi connectivity index (χ1v) is 11.0. The van der Waals surface area contributed by atoms with Crippen LogP contribution in [0.1, 0.15) is 5.56 Å². The lowest BCUT2D eigenvalue weighted by atomic mass is 10.1. The van der Waals surface area contributed by atoms with Crippen molar-refractivity contribution in [1.82, 2.24) is 9.78 Å². The van der Waals surface area contributed by atoms with E-state index in [-0.39, 0.29) is 5.75 Å². The van der Waals surface area contributed by atoms with E-state index in [2.05, 4.69) is 0 Å². The maximum absolute atomic E-state index is 13.9. The van der Waals surface area contributed by atoms with Gasteiger partial charge in [-0.15, -0.1) is 0 Å². The highest BCUT2D eigenvalue weighted by molar-refractivity contribution is 5.77. The predicted octanol–water partition coefficient (Wildman–Crippen LogP) is 5.08. The number of carboxylic acid groups (broad SMARTS) is 1. The molecule has 1 heterocycles. The molecule has 0 unspecified atom stereocenters. The predicted molar refractivity (Wildman–Crippen MR) is 129 cm³/mol. The number of para-hydroxylation sites is 1. The van der Waals surface area contributed by atoms with E-state index in [9.17, 15) is 9.18 Å². The second-order valence-corrected chi connectivity index (χ2v) is 7.74. The van der Waals surface area contributed by atoms with Crippen molar-refractivity contribution in [3.63, 3.8) is 0 Å². The lowest BCUT2D eigenvalue weighted by Crippen LogP contribution is -2.10. The third-order valence-electron chi connectivity index (χ3n) is 5.48. The standard InChI is InChI=1S/C27H25FN2O5/c1-33-24-10-6-9-21(27(24)34-2)23-16-22(29-30(23)14-13-18-7-4-3-5-8-18)20-12-11-19(28)15-25(20)35-17-26(31)32/h3-12,15-16H,13-14,17H2,1-2H3,(H,31,32). The first-order chi connectivity index (χ1) is 17.0. The molecule has 0 bridgehead atoms. The Morgan fingerprint density at radius 1 is 0.943 bits per heavy atom. The van der Waals surface area contributed by atoms with Crippen molar-refractivity contribution in [2.24, 2.45) is 0 Å². The first kappa shape index (κ1) is 23.8. The van der Waals surface area contributed by atoms with Gasteiger partial charge in [-0.25, -0.2) is 9.18 Å². The summed E-state index contributed by atoms with van der Waals surface area (Å²) in [6, 6.07) is 21.5. The van der Waals surface area contributed by atoms with Crippen LogP contribution in [0.4, 0.5) is 4.39 Å². The van der Waals surface area contributed by atoms with Crippen LogP contribution in [0.2, 0.25) is 0 Å².